The molecule has 0 saturated heterocycles. The number of anilines is 1. The zero-order valence-electron chi connectivity index (χ0n) is 13.0. The van der Waals surface area contributed by atoms with E-state index in [1.54, 1.807) is 55.7 Å². The fourth-order valence-electron chi connectivity index (χ4n) is 1.88. The van der Waals surface area contributed by atoms with Crippen LogP contribution < -0.4 is 5.32 Å². The molecule has 1 aromatic carbocycles. The average molecular weight is 321 g/mol. The van der Waals surface area contributed by atoms with E-state index in [0.29, 0.717) is 23.4 Å². The second kappa shape index (κ2) is 8.25. The molecule has 6 nitrogen and oxygen atoms in total. The van der Waals surface area contributed by atoms with E-state index in [-0.39, 0.29) is 5.57 Å². The van der Waals surface area contributed by atoms with E-state index in [2.05, 4.69) is 10.3 Å². The Morgan fingerprint density at radius 3 is 2.46 bits per heavy atom. The van der Waals surface area contributed by atoms with Gasteiger partial charge in [0.05, 0.1) is 12.2 Å². The highest BCUT2D eigenvalue weighted by Gasteiger charge is 2.11. The van der Waals surface area contributed by atoms with Crippen LogP contribution in [0.1, 0.15) is 22.8 Å². The zero-order chi connectivity index (χ0) is 17.4. The Morgan fingerprint density at radius 2 is 1.88 bits per heavy atom. The van der Waals surface area contributed by atoms with Crippen LogP contribution in [0.5, 0.6) is 0 Å². The van der Waals surface area contributed by atoms with Crippen molar-refractivity contribution in [3.8, 4) is 6.07 Å². The number of nitrogens with zero attached hydrogens (tertiary/aromatic N) is 2. The van der Waals surface area contributed by atoms with Crippen molar-refractivity contribution < 1.29 is 14.3 Å². The minimum absolute atomic E-state index is 0.0318. The van der Waals surface area contributed by atoms with Crippen LogP contribution in [0.4, 0.5) is 5.69 Å². The molecule has 6 heteroatoms. The summed E-state index contributed by atoms with van der Waals surface area (Å²) < 4.78 is 4.89. The number of nitrogens with one attached hydrogen (secondary N) is 1. The Balaban J connectivity index is 2.09. The van der Waals surface area contributed by atoms with Gasteiger partial charge in [-0.15, -0.1) is 0 Å². The predicted octanol–water partition coefficient (Wildman–Crippen LogP) is 2.80. The molecule has 1 heterocycles. The molecule has 0 fully saturated rings. The summed E-state index contributed by atoms with van der Waals surface area (Å²) in [5, 5.41) is 11.8. The Labute approximate surface area is 139 Å². The lowest BCUT2D eigenvalue weighted by Crippen LogP contribution is -2.13. The number of carbonyl (C=O) groups excluding carboxylic acids is 2. The number of nitriles is 1. The fraction of sp³-hybridized carbons (Fsp3) is 0.111. The Kier molecular flexibility index (Phi) is 5.81. The quantitative estimate of drug-likeness (QED) is 0.519. The van der Waals surface area contributed by atoms with E-state index in [1.807, 2.05) is 6.07 Å². The van der Waals surface area contributed by atoms with Crippen LogP contribution in [0, 0.1) is 11.3 Å². The Bertz CT molecular complexity index is 791. The van der Waals surface area contributed by atoms with Crippen LogP contribution in [0.3, 0.4) is 0 Å². The van der Waals surface area contributed by atoms with Gasteiger partial charge in [0.1, 0.15) is 11.6 Å². The molecule has 1 aromatic heterocycles. The van der Waals surface area contributed by atoms with Crippen LogP contribution in [-0.2, 0) is 9.53 Å². The van der Waals surface area contributed by atoms with Gasteiger partial charge in [0, 0.05) is 18.1 Å². The third kappa shape index (κ3) is 4.52. The molecule has 0 aliphatic heterocycles. The molecule has 0 atom stereocenters. The fourth-order valence-corrected chi connectivity index (χ4v) is 1.88. The summed E-state index contributed by atoms with van der Waals surface area (Å²) in [4.78, 5) is 27.6. The molecule has 0 aliphatic rings. The van der Waals surface area contributed by atoms with Gasteiger partial charge in [-0.1, -0.05) is 0 Å². The van der Waals surface area contributed by atoms with E-state index in [9.17, 15) is 9.59 Å². The summed E-state index contributed by atoms with van der Waals surface area (Å²) in [6.07, 6.45) is 4.63. The number of pyridine rings is 1. The first-order chi connectivity index (χ1) is 11.6. The molecule has 0 saturated carbocycles. The smallest absolute Gasteiger partial charge is 0.338 e. The lowest BCUT2D eigenvalue weighted by Gasteiger charge is -2.06. The largest absolute Gasteiger partial charge is 0.462 e. The van der Waals surface area contributed by atoms with Crippen LogP contribution in [-0.4, -0.2) is 23.5 Å². The molecule has 120 valence electrons. The maximum Gasteiger partial charge on any atom is 0.338 e. The number of amides is 1. The number of benzene rings is 1. The number of carbonyl (C=O) groups is 2. The molecule has 0 radical (unpaired) electrons. The van der Waals surface area contributed by atoms with Gasteiger partial charge in [-0.05, 0) is 55.0 Å². The van der Waals surface area contributed by atoms with Crippen molar-refractivity contribution in [2.75, 3.05) is 11.9 Å². The van der Waals surface area contributed by atoms with E-state index >= 15 is 0 Å². The van der Waals surface area contributed by atoms with Gasteiger partial charge in [-0.2, -0.15) is 5.26 Å². The maximum atomic E-state index is 12.2. The van der Waals surface area contributed by atoms with Crippen molar-refractivity contribution in [1.82, 2.24) is 4.98 Å². The molecule has 0 unspecified atom stereocenters. The molecule has 2 aromatic rings. The summed E-state index contributed by atoms with van der Waals surface area (Å²) in [5.74, 6) is -0.955. The van der Waals surface area contributed by atoms with Crippen LogP contribution in [0.15, 0.2) is 54.4 Å². The predicted molar refractivity (Wildman–Crippen MR) is 88.9 cm³/mol. The van der Waals surface area contributed by atoms with Gasteiger partial charge in [-0.3, -0.25) is 9.78 Å². The summed E-state index contributed by atoms with van der Waals surface area (Å²) >= 11 is 0. The summed E-state index contributed by atoms with van der Waals surface area (Å²) in [6, 6.07) is 11.5. The van der Waals surface area contributed by atoms with Crippen LogP contribution in [0.2, 0.25) is 0 Å². The number of hydrogen-bond acceptors (Lipinski definition) is 5. The molecule has 0 spiro atoms. The van der Waals surface area contributed by atoms with E-state index < -0.39 is 11.9 Å². The number of aromatic nitrogens is 1. The summed E-state index contributed by atoms with van der Waals surface area (Å²) in [7, 11) is 0. The molecular weight excluding hydrogens is 306 g/mol. The van der Waals surface area contributed by atoms with Crippen molar-refractivity contribution in [1.29, 1.82) is 5.26 Å². The van der Waals surface area contributed by atoms with Crippen molar-refractivity contribution in [3.63, 3.8) is 0 Å². The molecule has 2 rings (SSSR count). The SMILES string of the molecule is CCOC(=O)c1ccc(NC(=O)/C(C#N)=C/c2ccncc2)cc1. The number of esters is 1. The zero-order valence-corrected chi connectivity index (χ0v) is 13.0. The highest BCUT2D eigenvalue weighted by atomic mass is 16.5. The third-order valence-electron chi connectivity index (χ3n) is 3.04. The monoisotopic (exact) mass is 321 g/mol. The molecule has 1 N–H and O–H groups in total. The molecule has 0 aliphatic carbocycles. The second-order valence-corrected chi connectivity index (χ2v) is 4.70. The Hall–Kier alpha value is -3.46. The standard InChI is InChI=1S/C18H15N3O3/c1-2-24-18(23)14-3-5-16(6-4-14)21-17(22)15(12-19)11-13-7-9-20-10-8-13/h3-11H,2H2,1H3,(H,21,22)/b15-11+. The first kappa shape index (κ1) is 16.9. The topological polar surface area (TPSA) is 92.1 Å². The van der Waals surface area contributed by atoms with Gasteiger partial charge in [0.2, 0.25) is 0 Å². The maximum absolute atomic E-state index is 12.2. The highest BCUT2D eigenvalue weighted by Crippen LogP contribution is 2.13. The lowest BCUT2D eigenvalue weighted by atomic mass is 10.1. The minimum atomic E-state index is -0.529. The summed E-state index contributed by atoms with van der Waals surface area (Å²) in [6.45, 7) is 2.02. The minimum Gasteiger partial charge on any atom is -0.462 e. The molecule has 24 heavy (non-hydrogen) atoms. The Morgan fingerprint density at radius 1 is 1.21 bits per heavy atom. The molecule has 1 amide bonds. The van der Waals surface area contributed by atoms with Crippen molar-refractivity contribution in [3.05, 3.63) is 65.5 Å². The van der Waals surface area contributed by atoms with Crippen LogP contribution >= 0.6 is 0 Å². The highest BCUT2D eigenvalue weighted by molar-refractivity contribution is 6.09. The summed E-state index contributed by atoms with van der Waals surface area (Å²) in [5.41, 5.74) is 1.54. The van der Waals surface area contributed by atoms with E-state index in [4.69, 9.17) is 10.00 Å². The normalized spacial score (nSPS) is 10.6. The van der Waals surface area contributed by atoms with Gasteiger partial charge < -0.3 is 10.1 Å². The van der Waals surface area contributed by atoms with Gasteiger partial charge >= 0.3 is 5.97 Å². The lowest BCUT2D eigenvalue weighted by molar-refractivity contribution is -0.112. The van der Waals surface area contributed by atoms with Gasteiger partial charge in [0.15, 0.2) is 0 Å². The van der Waals surface area contributed by atoms with E-state index in [0.717, 1.165) is 0 Å². The number of hydrogen-bond donors (Lipinski definition) is 1. The van der Waals surface area contributed by atoms with Crippen molar-refractivity contribution >= 4 is 23.6 Å². The van der Waals surface area contributed by atoms with Crippen molar-refractivity contribution in [2.45, 2.75) is 6.92 Å². The van der Waals surface area contributed by atoms with E-state index in [1.165, 1.54) is 6.08 Å². The molecular formula is C18H15N3O3. The first-order valence-corrected chi connectivity index (χ1v) is 7.24. The van der Waals surface area contributed by atoms with Gasteiger partial charge in [-0.25, -0.2) is 4.79 Å². The second-order valence-electron chi connectivity index (χ2n) is 4.70. The van der Waals surface area contributed by atoms with Gasteiger partial charge in [0.25, 0.3) is 5.91 Å². The third-order valence-corrected chi connectivity index (χ3v) is 3.04. The number of ether oxygens (including phenoxy) is 1. The first-order valence-electron chi connectivity index (χ1n) is 7.24. The van der Waals surface area contributed by atoms with Crippen LogP contribution in [0.25, 0.3) is 6.08 Å². The van der Waals surface area contributed by atoms with Crippen molar-refractivity contribution in [2.24, 2.45) is 0 Å². The average Bonchev–Trinajstić information content (AvgIpc) is 2.61. The number of rotatable bonds is 5. The molecule has 0 bridgehead atoms.